The Morgan fingerprint density at radius 1 is 1.12 bits per heavy atom. The molecule has 0 aliphatic carbocycles. The minimum Gasteiger partial charge on any atom is -0.370 e. The van der Waals surface area contributed by atoms with E-state index in [-0.39, 0.29) is 23.0 Å². The molecule has 0 saturated heterocycles. The summed E-state index contributed by atoms with van der Waals surface area (Å²) in [5.74, 6) is 0.204. The molecule has 2 aliphatic rings. The van der Waals surface area contributed by atoms with Crippen LogP contribution in [0.1, 0.15) is 45.0 Å². The second-order valence-electron chi connectivity index (χ2n) is 6.05. The summed E-state index contributed by atoms with van der Waals surface area (Å²) >= 11 is 12.1. The first-order valence-electron chi connectivity index (χ1n) is 7.98. The van der Waals surface area contributed by atoms with Crippen LogP contribution in [0.2, 0.25) is 10.4 Å². The van der Waals surface area contributed by atoms with E-state index in [4.69, 9.17) is 23.2 Å². The Hall–Kier alpha value is -2.18. The number of amides is 2. The van der Waals surface area contributed by atoms with Crippen LogP contribution in [-0.2, 0) is 0 Å². The van der Waals surface area contributed by atoms with E-state index >= 15 is 0 Å². The van der Waals surface area contributed by atoms with Crippen molar-refractivity contribution in [3.8, 4) is 0 Å². The summed E-state index contributed by atoms with van der Waals surface area (Å²) in [6.45, 7) is 1.05. The van der Waals surface area contributed by atoms with E-state index in [1.807, 2.05) is 0 Å². The van der Waals surface area contributed by atoms with Gasteiger partial charge in [-0.05, 0) is 42.5 Å². The third-order valence-electron chi connectivity index (χ3n) is 4.64. The van der Waals surface area contributed by atoms with Crippen LogP contribution in [0.25, 0.3) is 0 Å². The molecule has 3 heterocycles. The SMILES string of the molecule is O=C1c2ccccc2C(=O)N1CCC1CCNc2nc(Cl)nc(Cl)c21. The lowest BCUT2D eigenvalue weighted by atomic mass is 9.91. The zero-order chi connectivity index (χ0) is 17.6. The van der Waals surface area contributed by atoms with Crippen LogP contribution >= 0.6 is 23.2 Å². The molecule has 4 rings (SSSR count). The summed E-state index contributed by atoms with van der Waals surface area (Å²) < 4.78 is 0. The quantitative estimate of drug-likeness (QED) is 0.504. The Labute approximate surface area is 154 Å². The minimum absolute atomic E-state index is 0.0605. The monoisotopic (exact) mass is 376 g/mol. The van der Waals surface area contributed by atoms with Gasteiger partial charge in [0.05, 0.1) is 11.1 Å². The zero-order valence-corrected chi connectivity index (χ0v) is 14.6. The topological polar surface area (TPSA) is 75.2 Å². The van der Waals surface area contributed by atoms with Gasteiger partial charge in [0.25, 0.3) is 11.8 Å². The molecule has 1 aromatic carbocycles. The highest BCUT2D eigenvalue weighted by Crippen LogP contribution is 2.38. The fraction of sp³-hybridized carbons (Fsp3) is 0.294. The summed E-state index contributed by atoms with van der Waals surface area (Å²) in [4.78, 5) is 34.4. The zero-order valence-electron chi connectivity index (χ0n) is 13.1. The second-order valence-corrected chi connectivity index (χ2v) is 6.75. The lowest BCUT2D eigenvalue weighted by molar-refractivity contribution is 0.0649. The van der Waals surface area contributed by atoms with Crippen LogP contribution in [0.4, 0.5) is 5.82 Å². The van der Waals surface area contributed by atoms with Gasteiger partial charge in [-0.1, -0.05) is 23.7 Å². The van der Waals surface area contributed by atoms with Crippen molar-refractivity contribution < 1.29 is 9.59 Å². The summed E-state index contributed by atoms with van der Waals surface area (Å²) in [5.41, 5.74) is 1.73. The van der Waals surface area contributed by atoms with Gasteiger partial charge in [-0.2, -0.15) is 0 Å². The fourth-order valence-corrected chi connectivity index (χ4v) is 3.97. The molecule has 25 heavy (non-hydrogen) atoms. The number of hydrogen-bond acceptors (Lipinski definition) is 5. The maximum absolute atomic E-state index is 12.5. The molecule has 2 amide bonds. The Kier molecular flexibility index (Phi) is 4.09. The lowest BCUT2D eigenvalue weighted by Gasteiger charge is -2.27. The lowest BCUT2D eigenvalue weighted by Crippen LogP contribution is -2.32. The van der Waals surface area contributed by atoms with Gasteiger partial charge in [-0.25, -0.2) is 9.97 Å². The molecule has 2 aromatic rings. The number of imide groups is 1. The van der Waals surface area contributed by atoms with Crippen molar-refractivity contribution in [3.63, 3.8) is 0 Å². The molecular formula is C17H14Cl2N4O2. The molecule has 1 N–H and O–H groups in total. The number of halogens is 2. The van der Waals surface area contributed by atoms with Crippen LogP contribution in [0, 0.1) is 0 Å². The minimum atomic E-state index is -0.242. The van der Waals surface area contributed by atoms with Crippen molar-refractivity contribution in [1.82, 2.24) is 14.9 Å². The molecule has 0 saturated carbocycles. The number of rotatable bonds is 3. The van der Waals surface area contributed by atoms with Gasteiger partial charge in [0.1, 0.15) is 11.0 Å². The molecule has 1 aromatic heterocycles. The summed E-state index contributed by atoms with van der Waals surface area (Å²) in [5, 5.41) is 3.58. The van der Waals surface area contributed by atoms with Crippen LogP contribution < -0.4 is 5.32 Å². The van der Waals surface area contributed by atoms with Crippen LogP contribution in [-0.4, -0.2) is 39.8 Å². The average molecular weight is 377 g/mol. The number of nitrogens with zero attached hydrogens (tertiary/aromatic N) is 3. The molecule has 128 valence electrons. The molecule has 8 heteroatoms. The number of hydrogen-bond donors (Lipinski definition) is 1. The van der Waals surface area contributed by atoms with E-state index in [1.54, 1.807) is 24.3 Å². The molecule has 0 bridgehead atoms. The predicted molar refractivity (Wildman–Crippen MR) is 94.3 cm³/mol. The first-order chi connectivity index (χ1) is 12.1. The van der Waals surface area contributed by atoms with Crippen LogP contribution in [0.3, 0.4) is 0 Å². The molecule has 1 unspecified atom stereocenters. The Morgan fingerprint density at radius 2 is 1.80 bits per heavy atom. The number of carbonyl (C=O) groups is 2. The smallest absolute Gasteiger partial charge is 0.261 e. The van der Waals surface area contributed by atoms with Gasteiger partial charge in [0.2, 0.25) is 5.28 Å². The first kappa shape index (κ1) is 16.3. The van der Waals surface area contributed by atoms with E-state index in [0.29, 0.717) is 35.1 Å². The summed E-state index contributed by atoms with van der Waals surface area (Å²) in [6, 6.07) is 6.89. The van der Waals surface area contributed by atoms with Crippen molar-refractivity contribution in [2.45, 2.75) is 18.8 Å². The van der Waals surface area contributed by atoms with Gasteiger partial charge in [-0.15, -0.1) is 0 Å². The van der Waals surface area contributed by atoms with Gasteiger partial charge in [0.15, 0.2) is 0 Å². The second kappa shape index (κ2) is 6.28. The van der Waals surface area contributed by atoms with Crippen molar-refractivity contribution in [1.29, 1.82) is 0 Å². The number of nitrogens with one attached hydrogen (secondary N) is 1. The normalized spacial score (nSPS) is 18.8. The maximum atomic E-state index is 12.5. The van der Waals surface area contributed by atoms with Crippen molar-refractivity contribution in [2.24, 2.45) is 0 Å². The predicted octanol–water partition coefficient (Wildman–Crippen LogP) is 3.37. The van der Waals surface area contributed by atoms with E-state index in [9.17, 15) is 9.59 Å². The Bertz CT molecular complexity index is 852. The summed E-state index contributed by atoms with van der Waals surface area (Å²) in [7, 11) is 0. The molecule has 1 atom stereocenters. The molecule has 6 nitrogen and oxygen atoms in total. The Balaban J connectivity index is 1.55. The maximum Gasteiger partial charge on any atom is 0.261 e. The fourth-order valence-electron chi connectivity index (χ4n) is 3.44. The third-order valence-corrected chi connectivity index (χ3v) is 5.10. The number of fused-ring (bicyclic) bond motifs is 2. The summed E-state index contributed by atoms with van der Waals surface area (Å²) in [6.07, 6.45) is 1.42. The first-order valence-corrected chi connectivity index (χ1v) is 8.74. The highest BCUT2D eigenvalue weighted by molar-refractivity contribution is 6.32. The van der Waals surface area contributed by atoms with Gasteiger partial charge < -0.3 is 5.32 Å². The van der Waals surface area contributed by atoms with E-state index in [1.165, 1.54) is 4.90 Å². The van der Waals surface area contributed by atoms with E-state index in [2.05, 4.69) is 15.3 Å². The largest absolute Gasteiger partial charge is 0.370 e. The van der Waals surface area contributed by atoms with Crippen molar-refractivity contribution in [3.05, 3.63) is 51.4 Å². The van der Waals surface area contributed by atoms with Crippen LogP contribution in [0.5, 0.6) is 0 Å². The highest BCUT2D eigenvalue weighted by Gasteiger charge is 2.36. The molecule has 0 spiro atoms. The average Bonchev–Trinajstić information content (AvgIpc) is 2.84. The van der Waals surface area contributed by atoms with Crippen molar-refractivity contribution in [2.75, 3.05) is 18.4 Å². The number of carbonyl (C=O) groups excluding carboxylic acids is 2. The van der Waals surface area contributed by atoms with Crippen molar-refractivity contribution >= 4 is 40.8 Å². The standard InChI is InChI=1S/C17H14Cl2N4O2/c18-13-12-9(5-7-20-14(12)22-17(19)21-13)6-8-23-15(24)10-3-1-2-4-11(10)16(23)25/h1-4,9H,5-8H2,(H,20,21,22). The van der Waals surface area contributed by atoms with Crippen LogP contribution in [0.15, 0.2) is 24.3 Å². The molecule has 2 aliphatic heterocycles. The molecule has 0 fully saturated rings. The molecular weight excluding hydrogens is 363 g/mol. The highest BCUT2D eigenvalue weighted by atomic mass is 35.5. The number of benzene rings is 1. The van der Waals surface area contributed by atoms with Gasteiger partial charge in [0, 0.05) is 18.7 Å². The molecule has 0 radical (unpaired) electrons. The van der Waals surface area contributed by atoms with Gasteiger partial charge >= 0.3 is 0 Å². The van der Waals surface area contributed by atoms with Gasteiger partial charge in [-0.3, -0.25) is 14.5 Å². The number of aromatic nitrogens is 2. The van der Waals surface area contributed by atoms with E-state index in [0.717, 1.165) is 18.5 Å². The van der Waals surface area contributed by atoms with E-state index < -0.39 is 0 Å². The third kappa shape index (κ3) is 2.75. The Morgan fingerprint density at radius 3 is 2.48 bits per heavy atom. The number of anilines is 1.